The predicted molar refractivity (Wildman–Crippen MR) is 81.9 cm³/mol. The Kier molecular flexibility index (Phi) is 3.42. The number of rotatable bonds is 4. The second kappa shape index (κ2) is 5.22. The van der Waals surface area contributed by atoms with Crippen LogP contribution in [0.1, 0.15) is 5.69 Å². The molecule has 0 saturated heterocycles. The molecule has 3 aromatic rings. The molecule has 104 valence electrons. The molecule has 0 bridgehead atoms. The summed E-state index contributed by atoms with van der Waals surface area (Å²) in [6.07, 6.45) is 0. The average Bonchev–Trinajstić information content (AvgIpc) is 2.96. The Morgan fingerprint density at radius 1 is 1.30 bits per heavy atom. The quantitative estimate of drug-likeness (QED) is 0.801. The number of ether oxygens (including phenoxy) is 1. The zero-order valence-electron chi connectivity index (χ0n) is 11.5. The lowest BCUT2D eigenvalue weighted by molar-refractivity contribution is 0.188. The lowest BCUT2D eigenvalue weighted by Gasteiger charge is -2.07. The molecule has 5 nitrogen and oxygen atoms in total. The van der Waals surface area contributed by atoms with Gasteiger partial charge in [-0.05, 0) is 19.1 Å². The third kappa shape index (κ3) is 2.17. The Bertz CT molecular complexity index is 747. The van der Waals surface area contributed by atoms with Crippen LogP contribution in [0.4, 0.5) is 5.13 Å². The third-order valence-corrected chi connectivity index (χ3v) is 4.17. The van der Waals surface area contributed by atoms with Crippen LogP contribution < -0.4 is 5.73 Å². The molecule has 0 saturated carbocycles. The van der Waals surface area contributed by atoms with Crippen molar-refractivity contribution in [3.8, 4) is 10.7 Å². The van der Waals surface area contributed by atoms with Crippen molar-refractivity contribution in [3.63, 3.8) is 0 Å². The van der Waals surface area contributed by atoms with E-state index in [0.717, 1.165) is 34.0 Å². The van der Waals surface area contributed by atoms with E-state index < -0.39 is 0 Å². The summed E-state index contributed by atoms with van der Waals surface area (Å²) in [5.41, 5.74) is 8.80. The van der Waals surface area contributed by atoms with Gasteiger partial charge in [-0.3, -0.25) is 0 Å². The van der Waals surface area contributed by atoms with Crippen LogP contribution >= 0.6 is 11.3 Å². The van der Waals surface area contributed by atoms with Crippen molar-refractivity contribution in [1.29, 1.82) is 0 Å². The summed E-state index contributed by atoms with van der Waals surface area (Å²) in [6, 6.07) is 8.10. The Morgan fingerprint density at radius 3 is 2.80 bits per heavy atom. The second-order valence-corrected chi connectivity index (χ2v) is 5.57. The first-order valence-electron chi connectivity index (χ1n) is 6.38. The van der Waals surface area contributed by atoms with Crippen LogP contribution in [-0.2, 0) is 11.3 Å². The van der Waals surface area contributed by atoms with Gasteiger partial charge >= 0.3 is 0 Å². The molecule has 0 aliphatic rings. The fourth-order valence-electron chi connectivity index (χ4n) is 2.28. The molecule has 20 heavy (non-hydrogen) atoms. The van der Waals surface area contributed by atoms with Crippen LogP contribution in [0.5, 0.6) is 0 Å². The number of hydrogen-bond acceptors (Lipinski definition) is 5. The van der Waals surface area contributed by atoms with Crippen molar-refractivity contribution in [3.05, 3.63) is 30.0 Å². The zero-order valence-corrected chi connectivity index (χ0v) is 12.3. The number of hydrogen-bond donors (Lipinski definition) is 1. The molecule has 1 aromatic carbocycles. The number of aromatic nitrogens is 3. The monoisotopic (exact) mass is 288 g/mol. The Hall–Kier alpha value is -1.92. The van der Waals surface area contributed by atoms with Gasteiger partial charge in [0.1, 0.15) is 0 Å². The fraction of sp³-hybridized carbons (Fsp3) is 0.286. The van der Waals surface area contributed by atoms with E-state index in [2.05, 4.69) is 15.6 Å². The molecule has 2 heterocycles. The number of methoxy groups -OCH3 is 1. The summed E-state index contributed by atoms with van der Waals surface area (Å²) in [5, 5.41) is 0.572. The lowest BCUT2D eigenvalue weighted by atomic mass is 10.3. The molecular weight excluding hydrogens is 272 g/mol. The topological polar surface area (TPSA) is 66.0 Å². The first kappa shape index (κ1) is 13.1. The van der Waals surface area contributed by atoms with Gasteiger partial charge in [-0.25, -0.2) is 9.97 Å². The van der Waals surface area contributed by atoms with Crippen LogP contribution in [0.15, 0.2) is 24.3 Å². The number of benzene rings is 1. The van der Waals surface area contributed by atoms with Crippen LogP contribution in [0.25, 0.3) is 21.7 Å². The van der Waals surface area contributed by atoms with E-state index in [1.807, 2.05) is 25.1 Å². The highest BCUT2D eigenvalue weighted by atomic mass is 32.1. The number of para-hydroxylation sites is 2. The van der Waals surface area contributed by atoms with Gasteiger partial charge in [-0.15, -0.1) is 0 Å². The van der Waals surface area contributed by atoms with E-state index >= 15 is 0 Å². The van der Waals surface area contributed by atoms with Gasteiger partial charge in [-0.1, -0.05) is 23.5 Å². The van der Waals surface area contributed by atoms with Crippen molar-refractivity contribution in [2.24, 2.45) is 0 Å². The lowest BCUT2D eigenvalue weighted by Crippen LogP contribution is -2.05. The molecule has 6 heteroatoms. The summed E-state index contributed by atoms with van der Waals surface area (Å²) in [5.74, 6) is 0.912. The van der Waals surface area contributed by atoms with Gasteiger partial charge in [0.05, 0.1) is 28.2 Å². The third-order valence-electron chi connectivity index (χ3n) is 3.19. The number of anilines is 1. The molecule has 0 radical (unpaired) electrons. The summed E-state index contributed by atoms with van der Waals surface area (Å²) in [7, 11) is 1.70. The highest BCUT2D eigenvalue weighted by Gasteiger charge is 2.17. The molecule has 0 aliphatic heterocycles. The number of thiazole rings is 1. The summed E-state index contributed by atoms with van der Waals surface area (Å²) in [4.78, 5) is 10.0. The Morgan fingerprint density at radius 2 is 2.10 bits per heavy atom. The number of nitrogens with zero attached hydrogens (tertiary/aromatic N) is 3. The van der Waals surface area contributed by atoms with E-state index in [-0.39, 0.29) is 0 Å². The summed E-state index contributed by atoms with van der Waals surface area (Å²) in [6.45, 7) is 3.35. The van der Waals surface area contributed by atoms with Crippen LogP contribution in [0.3, 0.4) is 0 Å². The molecule has 0 atom stereocenters. The maximum Gasteiger partial charge on any atom is 0.180 e. The molecule has 0 fully saturated rings. The van der Waals surface area contributed by atoms with Gasteiger partial charge in [0.2, 0.25) is 0 Å². The van der Waals surface area contributed by atoms with Gasteiger partial charge in [0, 0.05) is 13.7 Å². The van der Waals surface area contributed by atoms with E-state index in [1.54, 1.807) is 7.11 Å². The minimum absolute atomic E-state index is 0.572. The number of aryl methyl sites for hydroxylation is 1. The van der Waals surface area contributed by atoms with E-state index in [4.69, 9.17) is 15.5 Å². The maximum absolute atomic E-state index is 5.81. The van der Waals surface area contributed by atoms with Gasteiger partial charge < -0.3 is 15.0 Å². The molecule has 0 unspecified atom stereocenters. The van der Waals surface area contributed by atoms with Crippen LogP contribution in [0.2, 0.25) is 0 Å². The molecule has 3 rings (SSSR count). The van der Waals surface area contributed by atoms with Crippen LogP contribution in [0, 0.1) is 6.92 Å². The summed E-state index contributed by atoms with van der Waals surface area (Å²) < 4.78 is 7.37. The largest absolute Gasteiger partial charge is 0.383 e. The first-order chi connectivity index (χ1) is 9.70. The normalized spacial score (nSPS) is 11.3. The van der Waals surface area contributed by atoms with Gasteiger partial charge in [-0.2, -0.15) is 0 Å². The number of nitrogens with two attached hydrogens (primary N) is 1. The van der Waals surface area contributed by atoms with Crippen molar-refractivity contribution < 1.29 is 4.74 Å². The minimum atomic E-state index is 0.572. The first-order valence-corrected chi connectivity index (χ1v) is 7.20. The molecule has 0 amide bonds. The van der Waals surface area contributed by atoms with Gasteiger partial charge in [0.15, 0.2) is 11.0 Å². The maximum atomic E-state index is 5.81. The molecule has 0 spiro atoms. The number of nitrogen functional groups attached to an aromatic ring is 1. The highest BCUT2D eigenvalue weighted by Crippen LogP contribution is 2.32. The highest BCUT2D eigenvalue weighted by molar-refractivity contribution is 7.18. The molecular formula is C14H16N4OS. The minimum Gasteiger partial charge on any atom is -0.383 e. The van der Waals surface area contributed by atoms with E-state index in [9.17, 15) is 0 Å². The van der Waals surface area contributed by atoms with Gasteiger partial charge in [0.25, 0.3) is 0 Å². The predicted octanol–water partition coefficient (Wildman–Crippen LogP) is 2.70. The van der Waals surface area contributed by atoms with Crippen LogP contribution in [-0.4, -0.2) is 28.3 Å². The van der Waals surface area contributed by atoms with Crippen molar-refractivity contribution in [2.45, 2.75) is 13.5 Å². The zero-order chi connectivity index (χ0) is 14.1. The van der Waals surface area contributed by atoms with E-state index in [0.29, 0.717) is 11.7 Å². The number of imidazole rings is 1. The molecule has 2 aromatic heterocycles. The van der Waals surface area contributed by atoms with Crippen molar-refractivity contribution in [1.82, 2.24) is 14.5 Å². The van der Waals surface area contributed by atoms with Crippen molar-refractivity contribution in [2.75, 3.05) is 19.5 Å². The van der Waals surface area contributed by atoms with Crippen molar-refractivity contribution >= 4 is 27.5 Å². The average molecular weight is 288 g/mol. The number of fused-ring (bicyclic) bond motifs is 1. The fourth-order valence-corrected chi connectivity index (χ4v) is 3.11. The SMILES string of the molecule is COCCn1c(-c2sc(N)nc2C)nc2ccccc21. The smallest absolute Gasteiger partial charge is 0.180 e. The Balaban J connectivity index is 2.20. The molecule has 0 aliphatic carbocycles. The second-order valence-electron chi connectivity index (χ2n) is 4.54. The standard InChI is InChI=1S/C14H16N4OS/c1-9-12(20-14(15)16-9)13-17-10-5-3-4-6-11(10)18(13)7-8-19-2/h3-6H,7-8H2,1-2H3,(H2,15,16). The summed E-state index contributed by atoms with van der Waals surface area (Å²) >= 11 is 1.47. The van der Waals surface area contributed by atoms with E-state index in [1.165, 1.54) is 11.3 Å². The molecule has 2 N–H and O–H groups in total. The Labute approximate surface area is 121 Å².